The van der Waals surface area contributed by atoms with E-state index in [-0.39, 0.29) is 5.97 Å². The van der Waals surface area contributed by atoms with Crippen LogP contribution in [0.4, 0.5) is 0 Å². The number of hydrogen-bond donors (Lipinski definition) is 0. The molecular formula is C8H16O5Si. The smallest absolute Gasteiger partial charge is 0.458 e. The molecule has 0 N–H and O–H groups in total. The molecule has 5 nitrogen and oxygen atoms in total. The van der Waals surface area contributed by atoms with Crippen LogP contribution in [0, 0.1) is 0 Å². The Morgan fingerprint density at radius 3 is 1.86 bits per heavy atom. The van der Waals surface area contributed by atoms with Gasteiger partial charge in [0.05, 0.1) is 0 Å². The van der Waals surface area contributed by atoms with Crippen molar-refractivity contribution in [3.8, 4) is 0 Å². The molecule has 0 fully saturated rings. The highest BCUT2D eigenvalue weighted by atomic mass is 28.3. The van der Waals surface area contributed by atoms with Crippen molar-refractivity contribution in [1.82, 2.24) is 0 Å². The average Bonchev–Trinajstić information content (AvgIpc) is 2.55. The van der Waals surface area contributed by atoms with E-state index in [1.54, 1.807) is 34.3 Å². The molecule has 0 aromatic rings. The minimum Gasteiger partial charge on any atom is -0.458 e. The van der Waals surface area contributed by atoms with Crippen LogP contribution >= 0.6 is 0 Å². The number of esters is 1. The molecule has 1 aliphatic rings. The Hall–Kier alpha value is -0.693. The van der Waals surface area contributed by atoms with Gasteiger partial charge in [-0.25, -0.2) is 4.79 Å². The highest BCUT2D eigenvalue weighted by molar-refractivity contribution is 6.36. The molecule has 0 aliphatic carbocycles. The maximum absolute atomic E-state index is 10.3. The van der Waals surface area contributed by atoms with Crippen molar-refractivity contribution in [2.75, 3.05) is 27.9 Å². The summed E-state index contributed by atoms with van der Waals surface area (Å²) in [5.74, 6) is -0.181. The monoisotopic (exact) mass is 220 g/mol. The Bertz CT molecular complexity index is 194. The third-order valence-corrected chi connectivity index (χ3v) is 2.66. The van der Waals surface area contributed by atoms with Gasteiger partial charge in [0.15, 0.2) is 0 Å². The highest BCUT2D eigenvalue weighted by Gasteiger charge is 2.09. The third-order valence-electron chi connectivity index (χ3n) is 1.50. The molecular weight excluding hydrogens is 204 g/mol. The van der Waals surface area contributed by atoms with Crippen LogP contribution < -0.4 is 0 Å². The van der Waals surface area contributed by atoms with E-state index >= 15 is 0 Å². The van der Waals surface area contributed by atoms with Crippen molar-refractivity contribution in [2.45, 2.75) is 6.92 Å². The molecule has 0 bridgehead atoms. The summed E-state index contributed by atoms with van der Waals surface area (Å²) >= 11 is 0. The third kappa shape index (κ3) is 5.13. The fourth-order valence-electron chi connectivity index (χ4n) is 0.728. The molecule has 1 heterocycles. The number of ether oxygens (including phenoxy) is 1. The second-order valence-electron chi connectivity index (χ2n) is 2.48. The zero-order valence-corrected chi connectivity index (χ0v) is 10.1. The first kappa shape index (κ1) is 13.3. The van der Waals surface area contributed by atoms with Crippen LogP contribution in [0.25, 0.3) is 0 Å². The van der Waals surface area contributed by atoms with Gasteiger partial charge >= 0.3 is 15.5 Å². The minimum atomic E-state index is -1.67. The molecule has 0 atom stereocenters. The van der Waals surface area contributed by atoms with Gasteiger partial charge in [-0.15, -0.1) is 0 Å². The van der Waals surface area contributed by atoms with Crippen molar-refractivity contribution in [2.24, 2.45) is 0 Å². The summed E-state index contributed by atoms with van der Waals surface area (Å²) in [5, 5.41) is 0. The van der Waals surface area contributed by atoms with Gasteiger partial charge in [0, 0.05) is 26.9 Å². The second kappa shape index (κ2) is 7.69. The second-order valence-corrected chi connectivity index (χ2v) is 4.47. The van der Waals surface area contributed by atoms with Gasteiger partial charge in [0.25, 0.3) is 0 Å². The molecule has 82 valence electrons. The minimum absolute atomic E-state index is 0.181. The number of rotatable bonds is 3. The lowest BCUT2D eigenvalue weighted by Gasteiger charge is -2.05. The Labute approximate surface area is 85.6 Å². The molecule has 1 rings (SSSR count). The van der Waals surface area contributed by atoms with Crippen molar-refractivity contribution in [3.05, 3.63) is 11.6 Å². The van der Waals surface area contributed by atoms with Crippen LogP contribution in [0.1, 0.15) is 6.92 Å². The molecule has 0 aromatic carbocycles. The maximum Gasteiger partial charge on any atom is 0.483 e. The fraction of sp³-hybridized carbons (Fsp3) is 0.625. The van der Waals surface area contributed by atoms with Gasteiger partial charge in [0.1, 0.15) is 6.61 Å². The van der Waals surface area contributed by atoms with Crippen molar-refractivity contribution >= 4 is 15.5 Å². The topological polar surface area (TPSA) is 54.0 Å². The Balaban J connectivity index is 0.000000241. The SMILES string of the molecule is CC1=CCOC1=O.CO[SiH](OC)OC. The van der Waals surface area contributed by atoms with E-state index in [2.05, 4.69) is 4.74 Å². The van der Waals surface area contributed by atoms with E-state index in [0.717, 1.165) is 5.57 Å². The number of hydrogen-bond acceptors (Lipinski definition) is 5. The van der Waals surface area contributed by atoms with E-state index in [1.807, 2.05) is 0 Å². The zero-order valence-electron chi connectivity index (χ0n) is 8.90. The fourth-order valence-corrected chi connectivity index (χ4v) is 1.31. The van der Waals surface area contributed by atoms with Gasteiger partial charge < -0.3 is 18.0 Å². The van der Waals surface area contributed by atoms with Crippen molar-refractivity contribution in [3.63, 3.8) is 0 Å². The standard InChI is InChI=1S/C5H6O2.C3H10O3Si/c1-4-2-3-7-5(4)6;1-4-7(5-2)6-3/h2H,3H2,1H3;7H,1-3H3. The number of carbonyl (C=O) groups excluding carboxylic acids is 1. The molecule has 0 aromatic heterocycles. The van der Waals surface area contributed by atoms with E-state index in [1.165, 1.54) is 0 Å². The summed E-state index contributed by atoms with van der Waals surface area (Å²) < 4.78 is 18.8. The molecule has 6 heteroatoms. The quantitative estimate of drug-likeness (QED) is 0.500. The summed E-state index contributed by atoms with van der Waals surface area (Å²) in [6, 6.07) is 0. The molecule has 0 amide bonds. The normalized spacial score (nSPS) is 14.6. The molecule has 0 unspecified atom stereocenters. The molecule has 0 saturated heterocycles. The largest absolute Gasteiger partial charge is 0.483 e. The van der Waals surface area contributed by atoms with E-state index in [9.17, 15) is 4.79 Å². The summed E-state index contributed by atoms with van der Waals surface area (Å²) in [5.41, 5.74) is 0.722. The van der Waals surface area contributed by atoms with Gasteiger partial charge in [-0.2, -0.15) is 0 Å². The van der Waals surface area contributed by atoms with Crippen LogP contribution in [-0.2, 0) is 22.8 Å². The van der Waals surface area contributed by atoms with Gasteiger partial charge in [-0.3, -0.25) is 0 Å². The van der Waals surface area contributed by atoms with Crippen LogP contribution in [-0.4, -0.2) is 43.4 Å². The Morgan fingerprint density at radius 2 is 1.79 bits per heavy atom. The van der Waals surface area contributed by atoms with Crippen LogP contribution in [0.15, 0.2) is 11.6 Å². The zero-order chi connectivity index (χ0) is 11.0. The Morgan fingerprint density at radius 1 is 1.29 bits per heavy atom. The average molecular weight is 220 g/mol. The van der Waals surface area contributed by atoms with E-state index in [0.29, 0.717) is 6.61 Å². The number of cyclic esters (lactones) is 1. The van der Waals surface area contributed by atoms with Crippen molar-refractivity contribution in [1.29, 1.82) is 0 Å². The summed E-state index contributed by atoms with van der Waals surface area (Å²) in [7, 11) is 3.05. The maximum atomic E-state index is 10.3. The molecule has 0 saturated carbocycles. The van der Waals surface area contributed by atoms with E-state index in [4.69, 9.17) is 13.3 Å². The number of carbonyl (C=O) groups is 1. The molecule has 0 spiro atoms. The van der Waals surface area contributed by atoms with E-state index < -0.39 is 9.53 Å². The van der Waals surface area contributed by atoms with Crippen LogP contribution in [0.2, 0.25) is 0 Å². The lowest BCUT2D eigenvalue weighted by molar-refractivity contribution is -0.135. The first-order chi connectivity index (χ1) is 6.65. The predicted octanol–water partition coefficient (Wildman–Crippen LogP) is 0.132. The van der Waals surface area contributed by atoms with Gasteiger partial charge in [-0.05, 0) is 13.0 Å². The Kier molecular flexibility index (Phi) is 7.31. The summed E-state index contributed by atoms with van der Waals surface area (Å²) in [4.78, 5) is 10.3. The summed E-state index contributed by atoms with van der Waals surface area (Å²) in [6.07, 6.45) is 1.77. The predicted molar refractivity (Wildman–Crippen MR) is 52.9 cm³/mol. The summed E-state index contributed by atoms with van der Waals surface area (Å²) in [6.45, 7) is 2.21. The molecule has 1 aliphatic heterocycles. The molecule has 0 radical (unpaired) electrons. The van der Waals surface area contributed by atoms with Crippen LogP contribution in [0.5, 0.6) is 0 Å². The van der Waals surface area contributed by atoms with Crippen LogP contribution in [0.3, 0.4) is 0 Å². The highest BCUT2D eigenvalue weighted by Crippen LogP contribution is 2.02. The first-order valence-corrected chi connectivity index (χ1v) is 5.49. The molecule has 14 heavy (non-hydrogen) atoms. The lowest BCUT2D eigenvalue weighted by atomic mass is 10.3. The lowest BCUT2D eigenvalue weighted by Crippen LogP contribution is -2.21. The van der Waals surface area contributed by atoms with Gasteiger partial charge in [0.2, 0.25) is 0 Å². The van der Waals surface area contributed by atoms with Crippen molar-refractivity contribution < 1.29 is 22.8 Å². The first-order valence-electron chi connectivity index (χ1n) is 4.08. The van der Waals surface area contributed by atoms with Gasteiger partial charge in [-0.1, -0.05) is 0 Å².